The van der Waals surface area contributed by atoms with Crippen LogP contribution in [-0.4, -0.2) is 37.6 Å². The van der Waals surface area contributed by atoms with Gasteiger partial charge >= 0.3 is 0 Å². The van der Waals surface area contributed by atoms with Gasteiger partial charge in [-0.25, -0.2) is 8.42 Å². The molecule has 1 aliphatic carbocycles. The Kier molecular flexibility index (Phi) is 7.33. The number of nitrogens with two attached hydrogens (primary N) is 1. The Morgan fingerprint density at radius 1 is 1.22 bits per heavy atom. The number of fused-ring (bicyclic) bond motifs is 1. The molecule has 0 fully saturated rings. The molecule has 1 atom stereocenters. The van der Waals surface area contributed by atoms with Crippen molar-refractivity contribution in [2.75, 3.05) is 18.4 Å². The zero-order valence-corrected chi connectivity index (χ0v) is 19.6. The van der Waals surface area contributed by atoms with Gasteiger partial charge in [0.25, 0.3) is 11.8 Å². The van der Waals surface area contributed by atoms with Gasteiger partial charge in [0.05, 0.1) is 10.5 Å². The molecule has 1 heterocycles. The van der Waals surface area contributed by atoms with E-state index in [1.54, 1.807) is 0 Å². The Hall–Kier alpha value is -2.75. The molecule has 0 saturated heterocycles. The van der Waals surface area contributed by atoms with E-state index in [1.807, 2.05) is 0 Å². The number of amides is 2. The van der Waals surface area contributed by atoms with Crippen molar-refractivity contribution in [3.8, 4) is 0 Å². The minimum absolute atomic E-state index is 0.0659. The van der Waals surface area contributed by atoms with Gasteiger partial charge in [-0.05, 0) is 55.0 Å². The second kappa shape index (κ2) is 9.81. The van der Waals surface area contributed by atoms with E-state index in [0.717, 1.165) is 29.7 Å². The summed E-state index contributed by atoms with van der Waals surface area (Å²) < 4.78 is 26.9. The third-order valence-corrected chi connectivity index (χ3v) is 8.42. The van der Waals surface area contributed by atoms with E-state index in [1.165, 1.54) is 52.1 Å². The van der Waals surface area contributed by atoms with E-state index in [4.69, 9.17) is 5.73 Å². The van der Waals surface area contributed by atoms with Gasteiger partial charge in [-0.15, -0.1) is 24.5 Å². The van der Waals surface area contributed by atoms with E-state index >= 15 is 0 Å². The highest BCUT2D eigenvalue weighted by Gasteiger charge is 2.28. The number of carbonyl (C=O) groups is 2. The molecule has 170 valence electrons. The maximum absolute atomic E-state index is 12.8. The first kappa shape index (κ1) is 23.9. The molecule has 32 heavy (non-hydrogen) atoms. The lowest BCUT2D eigenvalue weighted by Gasteiger charge is -2.19. The van der Waals surface area contributed by atoms with Crippen LogP contribution >= 0.6 is 11.3 Å². The highest BCUT2D eigenvalue weighted by molar-refractivity contribution is 7.89. The topological polar surface area (TPSA) is 110 Å². The summed E-state index contributed by atoms with van der Waals surface area (Å²) >= 11 is 1.39. The van der Waals surface area contributed by atoms with E-state index in [0.29, 0.717) is 16.5 Å². The quantitative estimate of drug-likeness (QED) is 0.542. The molecule has 9 heteroatoms. The fraction of sp³-hybridized carbons (Fsp3) is 0.304. The number of nitrogens with zero attached hydrogens (tertiary/aromatic N) is 1. The fourth-order valence-electron chi connectivity index (χ4n) is 3.76. The molecule has 1 aromatic heterocycles. The van der Waals surface area contributed by atoms with Crippen molar-refractivity contribution in [2.24, 2.45) is 11.7 Å². The van der Waals surface area contributed by atoms with Crippen LogP contribution in [-0.2, 0) is 22.9 Å². The molecule has 1 aliphatic rings. The van der Waals surface area contributed by atoms with E-state index in [-0.39, 0.29) is 23.5 Å². The van der Waals surface area contributed by atoms with Gasteiger partial charge in [0.15, 0.2) is 0 Å². The molecule has 2 amide bonds. The summed E-state index contributed by atoms with van der Waals surface area (Å²) in [7, 11) is -3.75. The molecule has 0 spiro atoms. The standard InChI is InChI=1S/C23H27N3O4S2/c1-4-12-26(13-5-2)32(29,30)17-9-7-16(8-10-17)22(28)25-23-20(21(24)27)18-11-6-15(3)14-19(18)31-23/h4-5,7-10,15H,1-2,6,11-14H2,3H3,(H2,24,27)(H,25,28). The van der Waals surface area contributed by atoms with Gasteiger partial charge in [-0.2, -0.15) is 4.31 Å². The van der Waals surface area contributed by atoms with Crippen molar-refractivity contribution >= 4 is 38.2 Å². The summed E-state index contributed by atoms with van der Waals surface area (Å²) in [6.07, 6.45) is 5.59. The van der Waals surface area contributed by atoms with Gasteiger partial charge in [0.1, 0.15) is 5.00 Å². The highest BCUT2D eigenvalue weighted by atomic mass is 32.2. The summed E-state index contributed by atoms with van der Waals surface area (Å²) in [6.45, 7) is 9.63. The normalized spacial score (nSPS) is 15.8. The Bertz CT molecular complexity index is 1140. The van der Waals surface area contributed by atoms with Crippen LogP contribution in [0.15, 0.2) is 54.5 Å². The van der Waals surface area contributed by atoms with Crippen LogP contribution in [0.1, 0.15) is 44.5 Å². The average Bonchev–Trinajstić information content (AvgIpc) is 3.10. The number of thiophene rings is 1. The fourth-order valence-corrected chi connectivity index (χ4v) is 6.55. The number of anilines is 1. The summed E-state index contributed by atoms with van der Waals surface area (Å²) in [5, 5.41) is 3.24. The highest BCUT2D eigenvalue weighted by Crippen LogP contribution is 2.39. The lowest BCUT2D eigenvalue weighted by Crippen LogP contribution is -2.31. The number of benzene rings is 1. The van der Waals surface area contributed by atoms with Crippen molar-refractivity contribution < 1.29 is 18.0 Å². The van der Waals surface area contributed by atoms with Crippen molar-refractivity contribution in [3.05, 3.63) is 71.1 Å². The number of sulfonamides is 1. The van der Waals surface area contributed by atoms with Crippen LogP contribution in [0.5, 0.6) is 0 Å². The number of carbonyl (C=O) groups excluding carboxylic acids is 2. The molecule has 3 N–H and O–H groups in total. The van der Waals surface area contributed by atoms with Crippen LogP contribution in [0, 0.1) is 5.92 Å². The summed E-state index contributed by atoms with van der Waals surface area (Å²) in [5.41, 5.74) is 7.20. The van der Waals surface area contributed by atoms with Crippen molar-refractivity contribution in [3.63, 3.8) is 0 Å². The van der Waals surface area contributed by atoms with E-state index < -0.39 is 21.8 Å². The smallest absolute Gasteiger partial charge is 0.256 e. The van der Waals surface area contributed by atoms with E-state index in [9.17, 15) is 18.0 Å². The Balaban J connectivity index is 1.84. The lowest BCUT2D eigenvalue weighted by atomic mass is 9.88. The minimum Gasteiger partial charge on any atom is -0.365 e. The molecule has 2 aromatic rings. The Labute approximate surface area is 192 Å². The molecule has 0 saturated carbocycles. The molecule has 1 aromatic carbocycles. The van der Waals surface area contributed by atoms with Crippen LogP contribution in [0.4, 0.5) is 5.00 Å². The van der Waals surface area contributed by atoms with Crippen LogP contribution in [0.3, 0.4) is 0 Å². The second-order valence-corrected chi connectivity index (χ2v) is 10.8. The van der Waals surface area contributed by atoms with Gasteiger partial charge in [0.2, 0.25) is 10.0 Å². The number of primary amides is 1. The maximum Gasteiger partial charge on any atom is 0.256 e. The molecule has 7 nitrogen and oxygen atoms in total. The summed E-state index contributed by atoms with van der Waals surface area (Å²) in [6, 6.07) is 5.67. The molecule has 0 radical (unpaired) electrons. The molecule has 0 aliphatic heterocycles. The van der Waals surface area contributed by atoms with E-state index in [2.05, 4.69) is 25.4 Å². The Morgan fingerprint density at radius 2 is 1.84 bits per heavy atom. The molecule has 3 rings (SSSR count). The van der Waals surface area contributed by atoms with Crippen LogP contribution in [0.2, 0.25) is 0 Å². The molecule has 0 bridgehead atoms. The van der Waals surface area contributed by atoms with Crippen molar-refractivity contribution in [1.82, 2.24) is 4.31 Å². The average molecular weight is 474 g/mol. The third kappa shape index (κ3) is 4.85. The molecule has 1 unspecified atom stereocenters. The number of rotatable bonds is 9. The Morgan fingerprint density at radius 3 is 2.41 bits per heavy atom. The van der Waals surface area contributed by atoms with Crippen LogP contribution < -0.4 is 11.1 Å². The van der Waals surface area contributed by atoms with Gasteiger partial charge in [-0.1, -0.05) is 19.1 Å². The van der Waals surface area contributed by atoms with Crippen molar-refractivity contribution in [2.45, 2.75) is 31.1 Å². The van der Waals surface area contributed by atoms with Crippen LogP contribution in [0.25, 0.3) is 0 Å². The molecular weight excluding hydrogens is 446 g/mol. The SMILES string of the molecule is C=CCN(CC=C)S(=O)(=O)c1ccc(C(=O)Nc2sc3c(c2C(N)=O)CCC(C)C3)cc1. The zero-order chi connectivity index (χ0) is 23.5. The van der Waals surface area contributed by atoms with Crippen molar-refractivity contribution in [1.29, 1.82) is 0 Å². The first-order valence-corrected chi connectivity index (χ1v) is 12.5. The molecular formula is C23H27N3O4S2. The predicted octanol–water partition coefficient (Wildman–Crippen LogP) is 3.59. The summed E-state index contributed by atoms with van der Waals surface area (Å²) in [4.78, 5) is 26.0. The zero-order valence-electron chi connectivity index (χ0n) is 18.0. The number of hydrogen-bond donors (Lipinski definition) is 2. The number of hydrogen-bond acceptors (Lipinski definition) is 5. The van der Waals surface area contributed by atoms with Gasteiger partial charge in [0, 0.05) is 23.5 Å². The third-order valence-electron chi connectivity index (χ3n) is 5.40. The maximum atomic E-state index is 12.8. The first-order valence-electron chi connectivity index (χ1n) is 10.3. The minimum atomic E-state index is -3.75. The largest absolute Gasteiger partial charge is 0.365 e. The predicted molar refractivity (Wildman–Crippen MR) is 128 cm³/mol. The first-order chi connectivity index (χ1) is 15.2. The van der Waals surface area contributed by atoms with Gasteiger partial charge in [-0.3, -0.25) is 9.59 Å². The lowest BCUT2D eigenvalue weighted by molar-refractivity contribution is 0.1000. The monoisotopic (exact) mass is 473 g/mol. The van der Waals surface area contributed by atoms with Gasteiger partial charge < -0.3 is 11.1 Å². The summed E-state index contributed by atoms with van der Waals surface area (Å²) in [5.74, 6) is -0.475. The number of nitrogens with one attached hydrogen (secondary N) is 1. The second-order valence-electron chi connectivity index (χ2n) is 7.80.